The molecule has 0 radical (unpaired) electrons. The van der Waals surface area contributed by atoms with Gasteiger partial charge in [-0.1, -0.05) is 0 Å². The number of carbonyl (C=O) groups excluding carboxylic acids is 2. The topological polar surface area (TPSA) is 101 Å². The standard InChI is InChI=1S/C12H16FN3O3S/c1-3-15-12(18)16-11(17)7(2)20(19)8-4-5-10(14)9(13)6-8/h4-7H,3,14H2,1-2H3,(H2,15,16,17,18). The van der Waals surface area contributed by atoms with Crippen molar-refractivity contribution in [3.8, 4) is 0 Å². The summed E-state index contributed by atoms with van der Waals surface area (Å²) in [6, 6.07) is 3.01. The molecule has 0 fully saturated rings. The summed E-state index contributed by atoms with van der Waals surface area (Å²) in [5, 5.41) is 3.44. The van der Waals surface area contributed by atoms with Crippen LogP contribution in [0.15, 0.2) is 23.1 Å². The van der Waals surface area contributed by atoms with Crippen molar-refractivity contribution < 1.29 is 18.2 Å². The Bertz CT molecular complexity index is 551. The van der Waals surface area contributed by atoms with Gasteiger partial charge in [-0.05, 0) is 32.0 Å². The molecule has 0 spiro atoms. The molecule has 1 aromatic carbocycles. The fourth-order valence-corrected chi connectivity index (χ4v) is 2.44. The molecule has 0 bridgehead atoms. The Balaban J connectivity index is 2.78. The fraction of sp³-hybridized carbons (Fsp3) is 0.333. The Morgan fingerprint density at radius 1 is 1.45 bits per heavy atom. The maximum atomic E-state index is 13.3. The Morgan fingerprint density at radius 2 is 2.10 bits per heavy atom. The first-order valence-corrected chi connectivity index (χ1v) is 7.12. The van der Waals surface area contributed by atoms with Crippen molar-refractivity contribution in [1.29, 1.82) is 0 Å². The molecule has 0 aromatic heterocycles. The average Bonchev–Trinajstić information content (AvgIpc) is 2.40. The molecule has 110 valence electrons. The minimum Gasteiger partial charge on any atom is -0.396 e. The molecule has 0 aliphatic heterocycles. The van der Waals surface area contributed by atoms with Crippen molar-refractivity contribution >= 4 is 28.4 Å². The van der Waals surface area contributed by atoms with Crippen LogP contribution in [0, 0.1) is 5.82 Å². The predicted octanol–water partition coefficient (Wildman–Crippen LogP) is 0.750. The third kappa shape index (κ3) is 4.02. The number of nitrogen functional groups attached to an aromatic ring is 1. The molecule has 20 heavy (non-hydrogen) atoms. The predicted molar refractivity (Wildman–Crippen MR) is 73.9 cm³/mol. The smallest absolute Gasteiger partial charge is 0.321 e. The molecule has 1 rings (SSSR count). The van der Waals surface area contributed by atoms with Crippen LogP contribution in [0.1, 0.15) is 13.8 Å². The van der Waals surface area contributed by atoms with Crippen LogP contribution >= 0.6 is 0 Å². The van der Waals surface area contributed by atoms with Crippen molar-refractivity contribution in [2.45, 2.75) is 24.0 Å². The van der Waals surface area contributed by atoms with Crippen LogP contribution in [-0.4, -0.2) is 27.9 Å². The molecule has 2 atom stereocenters. The number of nitrogens with one attached hydrogen (secondary N) is 2. The van der Waals surface area contributed by atoms with E-state index in [2.05, 4.69) is 10.6 Å². The van der Waals surface area contributed by atoms with Gasteiger partial charge < -0.3 is 11.1 Å². The SMILES string of the molecule is CCNC(=O)NC(=O)C(C)S(=O)c1ccc(N)c(F)c1. The summed E-state index contributed by atoms with van der Waals surface area (Å²) in [4.78, 5) is 23.0. The molecule has 0 saturated heterocycles. The van der Waals surface area contributed by atoms with Crippen LogP contribution in [0.3, 0.4) is 0 Å². The molecule has 6 nitrogen and oxygen atoms in total. The first-order chi connectivity index (χ1) is 9.36. The molecular formula is C12H16FN3O3S. The summed E-state index contributed by atoms with van der Waals surface area (Å²) < 4.78 is 25.4. The van der Waals surface area contributed by atoms with E-state index in [1.54, 1.807) is 6.92 Å². The van der Waals surface area contributed by atoms with Crippen LogP contribution in [0.4, 0.5) is 14.9 Å². The lowest BCUT2D eigenvalue weighted by molar-refractivity contribution is -0.119. The second kappa shape index (κ2) is 6.99. The van der Waals surface area contributed by atoms with Crippen molar-refractivity contribution in [2.24, 2.45) is 0 Å². The maximum Gasteiger partial charge on any atom is 0.321 e. The Hall–Kier alpha value is -1.96. The van der Waals surface area contributed by atoms with E-state index in [-0.39, 0.29) is 10.6 Å². The molecule has 8 heteroatoms. The van der Waals surface area contributed by atoms with Crippen LogP contribution in [0.5, 0.6) is 0 Å². The van der Waals surface area contributed by atoms with Gasteiger partial charge in [-0.3, -0.25) is 14.3 Å². The van der Waals surface area contributed by atoms with Gasteiger partial charge in [0.05, 0.1) is 16.5 Å². The van der Waals surface area contributed by atoms with E-state index in [9.17, 15) is 18.2 Å². The van der Waals surface area contributed by atoms with E-state index in [1.807, 2.05) is 0 Å². The Kier molecular flexibility index (Phi) is 5.63. The zero-order valence-corrected chi connectivity index (χ0v) is 11.9. The van der Waals surface area contributed by atoms with E-state index in [1.165, 1.54) is 19.1 Å². The number of hydrogen-bond acceptors (Lipinski definition) is 4. The third-order valence-corrected chi connectivity index (χ3v) is 4.04. The summed E-state index contributed by atoms with van der Waals surface area (Å²) in [6.07, 6.45) is 0. The summed E-state index contributed by atoms with van der Waals surface area (Å²) in [7, 11) is -1.78. The van der Waals surface area contributed by atoms with Gasteiger partial charge in [-0.15, -0.1) is 0 Å². The minimum atomic E-state index is -1.78. The quantitative estimate of drug-likeness (QED) is 0.714. The lowest BCUT2D eigenvalue weighted by atomic mass is 10.3. The Labute approximate surface area is 118 Å². The minimum absolute atomic E-state index is 0.0646. The van der Waals surface area contributed by atoms with Crippen LogP contribution in [0.25, 0.3) is 0 Å². The van der Waals surface area contributed by atoms with E-state index < -0.39 is 33.8 Å². The molecule has 3 amide bonds. The zero-order valence-electron chi connectivity index (χ0n) is 11.1. The number of rotatable bonds is 4. The number of hydrogen-bond donors (Lipinski definition) is 3. The number of halogens is 1. The molecule has 0 aliphatic rings. The maximum absolute atomic E-state index is 13.3. The molecule has 0 heterocycles. The van der Waals surface area contributed by atoms with Crippen molar-refractivity contribution in [3.05, 3.63) is 24.0 Å². The lowest BCUT2D eigenvalue weighted by Gasteiger charge is -2.12. The van der Waals surface area contributed by atoms with E-state index in [0.29, 0.717) is 6.54 Å². The van der Waals surface area contributed by atoms with Gasteiger partial charge in [0, 0.05) is 11.4 Å². The summed E-state index contributed by atoms with van der Waals surface area (Å²) in [5.74, 6) is -1.40. The van der Waals surface area contributed by atoms with Gasteiger partial charge in [-0.25, -0.2) is 9.18 Å². The van der Waals surface area contributed by atoms with Crippen LogP contribution < -0.4 is 16.4 Å². The first-order valence-electron chi connectivity index (χ1n) is 5.91. The number of anilines is 1. The molecule has 2 unspecified atom stereocenters. The van der Waals surface area contributed by atoms with Crippen LogP contribution in [0.2, 0.25) is 0 Å². The summed E-state index contributed by atoms with van der Waals surface area (Å²) >= 11 is 0. The normalized spacial score (nSPS) is 13.3. The van der Waals surface area contributed by atoms with E-state index in [0.717, 1.165) is 6.07 Å². The summed E-state index contributed by atoms with van der Waals surface area (Å²) in [6.45, 7) is 3.45. The molecule has 1 aromatic rings. The second-order valence-corrected chi connectivity index (χ2v) is 5.74. The average molecular weight is 301 g/mol. The highest BCUT2D eigenvalue weighted by atomic mass is 32.2. The monoisotopic (exact) mass is 301 g/mol. The van der Waals surface area contributed by atoms with Crippen molar-refractivity contribution in [2.75, 3.05) is 12.3 Å². The number of nitrogens with two attached hydrogens (primary N) is 1. The number of benzene rings is 1. The third-order valence-electron chi connectivity index (χ3n) is 2.47. The van der Waals surface area contributed by atoms with Gasteiger partial charge in [-0.2, -0.15) is 0 Å². The van der Waals surface area contributed by atoms with Gasteiger partial charge in [0.2, 0.25) is 5.91 Å². The van der Waals surface area contributed by atoms with E-state index >= 15 is 0 Å². The number of amides is 3. The lowest BCUT2D eigenvalue weighted by Crippen LogP contribution is -2.44. The largest absolute Gasteiger partial charge is 0.396 e. The number of urea groups is 1. The molecule has 0 aliphatic carbocycles. The molecule has 4 N–H and O–H groups in total. The van der Waals surface area contributed by atoms with Gasteiger partial charge in [0.15, 0.2) is 0 Å². The first kappa shape index (κ1) is 16.1. The van der Waals surface area contributed by atoms with Crippen molar-refractivity contribution in [3.63, 3.8) is 0 Å². The zero-order chi connectivity index (χ0) is 15.3. The van der Waals surface area contributed by atoms with Crippen LogP contribution in [-0.2, 0) is 15.6 Å². The Morgan fingerprint density at radius 3 is 2.65 bits per heavy atom. The van der Waals surface area contributed by atoms with Crippen molar-refractivity contribution in [1.82, 2.24) is 10.6 Å². The van der Waals surface area contributed by atoms with Gasteiger partial charge in [0.1, 0.15) is 11.1 Å². The highest BCUT2D eigenvalue weighted by molar-refractivity contribution is 7.86. The van der Waals surface area contributed by atoms with Gasteiger partial charge in [0.25, 0.3) is 0 Å². The number of carbonyl (C=O) groups is 2. The highest BCUT2D eigenvalue weighted by Crippen LogP contribution is 2.17. The summed E-state index contributed by atoms with van der Waals surface area (Å²) in [5.41, 5.74) is 5.25. The number of imide groups is 1. The molecule has 0 saturated carbocycles. The highest BCUT2D eigenvalue weighted by Gasteiger charge is 2.23. The second-order valence-electron chi connectivity index (χ2n) is 3.97. The molecular weight excluding hydrogens is 285 g/mol. The fourth-order valence-electron chi connectivity index (χ4n) is 1.35. The van der Waals surface area contributed by atoms with E-state index in [4.69, 9.17) is 5.73 Å². The van der Waals surface area contributed by atoms with Gasteiger partial charge >= 0.3 is 6.03 Å².